The van der Waals surface area contributed by atoms with Crippen LogP contribution in [0, 0.1) is 0 Å². The highest BCUT2D eigenvalue weighted by atomic mass is 15.1. The van der Waals surface area contributed by atoms with Crippen molar-refractivity contribution in [2.24, 2.45) is 0 Å². The second-order valence-electron chi connectivity index (χ2n) is 8.50. The van der Waals surface area contributed by atoms with Gasteiger partial charge in [-0.1, -0.05) is 75.3 Å². The van der Waals surface area contributed by atoms with Gasteiger partial charge in [0.1, 0.15) is 0 Å². The maximum absolute atomic E-state index is 4.10. The van der Waals surface area contributed by atoms with E-state index in [9.17, 15) is 0 Å². The Balaban J connectivity index is 3.65. The van der Waals surface area contributed by atoms with Crippen molar-refractivity contribution in [3.8, 4) is 0 Å². The second-order valence-corrected chi connectivity index (χ2v) is 8.50. The molecule has 0 aromatic rings. The molecule has 3 heteroatoms. The van der Waals surface area contributed by atoms with E-state index in [4.69, 9.17) is 0 Å². The van der Waals surface area contributed by atoms with E-state index in [0.717, 1.165) is 24.4 Å². The summed E-state index contributed by atoms with van der Waals surface area (Å²) in [4.78, 5) is 2.50. The van der Waals surface area contributed by atoms with Gasteiger partial charge in [-0.2, -0.15) is 0 Å². The molecule has 0 fully saturated rings. The molecule has 182 valence electrons. The Labute approximate surface area is 200 Å². The molecule has 0 radical (unpaired) electrons. The maximum atomic E-state index is 4.10. The number of nitrogens with zero attached hydrogens (tertiary/aromatic N) is 1. The van der Waals surface area contributed by atoms with Gasteiger partial charge in [-0.05, 0) is 84.7 Å². The third-order valence-corrected chi connectivity index (χ3v) is 5.65. The van der Waals surface area contributed by atoms with Crippen molar-refractivity contribution < 1.29 is 0 Å². The van der Waals surface area contributed by atoms with Crippen LogP contribution in [-0.2, 0) is 0 Å². The van der Waals surface area contributed by atoms with Crippen LogP contribution >= 0.6 is 0 Å². The van der Waals surface area contributed by atoms with Crippen LogP contribution in [0.25, 0.3) is 0 Å². The summed E-state index contributed by atoms with van der Waals surface area (Å²) in [5.74, 6) is 0. The molecule has 2 N–H and O–H groups in total. The van der Waals surface area contributed by atoms with E-state index in [1.54, 1.807) is 0 Å². The minimum Gasteiger partial charge on any atom is -0.385 e. The summed E-state index contributed by atoms with van der Waals surface area (Å²) in [7, 11) is 2.27. The first-order valence-electron chi connectivity index (χ1n) is 12.6. The molecular formula is C29H51N3. The van der Waals surface area contributed by atoms with Crippen LogP contribution in [0.4, 0.5) is 0 Å². The van der Waals surface area contributed by atoms with E-state index in [1.165, 1.54) is 75.7 Å². The molecule has 0 aliphatic carbocycles. The van der Waals surface area contributed by atoms with Gasteiger partial charge in [0, 0.05) is 24.5 Å². The van der Waals surface area contributed by atoms with E-state index in [0.29, 0.717) is 0 Å². The first kappa shape index (κ1) is 30.0. The minimum absolute atomic E-state index is 1.03. The average molecular weight is 442 g/mol. The molecule has 0 saturated heterocycles. The van der Waals surface area contributed by atoms with Gasteiger partial charge in [-0.3, -0.25) is 0 Å². The van der Waals surface area contributed by atoms with Gasteiger partial charge in [0.15, 0.2) is 0 Å². The van der Waals surface area contributed by atoms with Gasteiger partial charge >= 0.3 is 0 Å². The third kappa shape index (κ3) is 15.8. The second kappa shape index (κ2) is 20.9. The van der Waals surface area contributed by atoms with Crippen molar-refractivity contribution in [2.45, 2.75) is 79.1 Å². The first-order chi connectivity index (χ1) is 15.5. The smallest absolute Gasteiger partial charge is 0.0364 e. The lowest BCUT2D eigenvalue weighted by molar-refractivity contribution is 0.314. The molecule has 0 amide bonds. The predicted molar refractivity (Wildman–Crippen MR) is 146 cm³/mol. The maximum Gasteiger partial charge on any atom is 0.0364 e. The molecule has 0 aliphatic rings. The molecule has 0 saturated carbocycles. The summed E-state index contributed by atoms with van der Waals surface area (Å²) in [6.07, 6.45) is 22.5. The molecule has 3 nitrogen and oxygen atoms in total. The molecule has 0 aromatic carbocycles. The first-order valence-corrected chi connectivity index (χ1v) is 12.6. The Hall–Kier alpha value is -2.00. The highest BCUT2D eigenvalue weighted by molar-refractivity contribution is 5.35. The zero-order valence-corrected chi connectivity index (χ0v) is 21.8. The summed E-state index contributed by atoms with van der Waals surface area (Å²) in [5, 5.41) is 7.05. The SMILES string of the molecule is C=C/C=C(C)/C(=C\C)NCCCCCCN(C)CCCCCCN/C(=C/C)C(=C)/C=C\C. The molecular weight excluding hydrogens is 390 g/mol. The van der Waals surface area contributed by atoms with Crippen LogP contribution in [0.2, 0.25) is 0 Å². The largest absolute Gasteiger partial charge is 0.385 e. The van der Waals surface area contributed by atoms with Gasteiger partial charge in [-0.25, -0.2) is 0 Å². The highest BCUT2D eigenvalue weighted by Crippen LogP contribution is 2.09. The topological polar surface area (TPSA) is 27.3 Å². The van der Waals surface area contributed by atoms with Crippen molar-refractivity contribution in [1.82, 2.24) is 15.5 Å². The van der Waals surface area contributed by atoms with Crippen molar-refractivity contribution in [1.29, 1.82) is 0 Å². The van der Waals surface area contributed by atoms with Gasteiger partial charge < -0.3 is 15.5 Å². The lowest BCUT2D eigenvalue weighted by atomic mass is 10.1. The molecule has 0 heterocycles. The van der Waals surface area contributed by atoms with Crippen LogP contribution in [0.15, 0.2) is 72.2 Å². The number of nitrogens with one attached hydrogen (secondary N) is 2. The zero-order valence-electron chi connectivity index (χ0n) is 21.8. The summed E-state index contributed by atoms with van der Waals surface area (Å²) >= 11 is 0. The van der Waals surface area contributed by atoms with Crippen molar-refractivity contribution in [3.05, 3.63) is 72.2 Å². The quantitative estimate of drug-likeness (QED) is 0.153. The number of unbranched alkanes of at least 4 members (excludes halogenated alkanes) is 6. The molecule has 0 bridgehead atoms. The number of hydrogen-bond donors (Lipinski definition) is 2. The van der Waals surface area contributed by atoms with Crippen LogP contribution in [0.3, 0.4) is 0 Å². The van der Waals surface area contributed by atoms with Crippen LogP contribution in [0.5, 0.6) is 0 Å². The monoisotopic (exact) mass is 441 g/mol. The van der Waals surface area contributed by atoms with Gasteiger partial charge in [0.2, 0.25) is 0 Å². The molecule has 0 rings (SSSR count). The average Bonchev–Trinajstić information content (AvgIpc) is 2.77. The summed E-state index contributed by atoms with van der Waals surface area (Å²) in [5.41, 5.74) is 4.69. The Bertz CT molecular complexity index is 622. The Morgan fingerprint density at radius 3 is 1.75 bits per heavy atom. The molecule has 0 spiro atoms. The molecule has 0 aliphatic heterocycles. The summed E-state index contributed by atoms with van der Waals surface area (Å²) in [6, 6.07) is 0. The van der Waals surface area contributed by atoms with E-state index in [-0.39, 0.29) is 0 Å². The van der Waals surface area contributed by atoms with Crippen LogP contribution < -0.4 is 10.6 Å². The molecule has 0 unspecified atom stereocenters. The van der Waals surface area contributed by atoms with Gasteiger partial charge in [-0.15, -0.1) is 0 Å². The highest BCUT2D eigenvalue weighted by Gasteiger charge is 2.01. The Morgan fingerprint density at radius 1 is 0.781 bits per heavy atom. The number of hydrogen-bond acceptors (Lipinski definition) is 3. The summed E-state index contributed by atoms with van der Waals surface area (Å²) < 4.78 is 0. The van der Waals surface area contributed by atoms with E-state index < -0.39 is 0 Å². The van der Waals surface area contributed by atoms with E-state index in [1.807, 2.05) is 19.1 Å². The Morgan fingerprint density at radius 2 is 1.28 bits per heavy atom. The minimum atomic E-state index is 1.03. The Kier molecular flexibility index (Phi) is 19.6. The fourth-order valence-corrected chi connectivity index (χ4v) is 3.71. The van der Waals surface area contributed by atoms with Crippen LogP contribution in [-0.4, -0.2) is 38.1 Å². The fraction of sp³-hybridized carbons (Fsp3) is 0.586. The van der Waals surface area contributed by atoms with Crippen molar-refractivity contribution in [3.63, 3.8) is 0 Å². The summed E-state index contributed by atoms with van der Waals surface area (Å²) in [6.45, 7) is 20.7. The fourth-order valence-electron chi connectivity index (χ4n) is 3.71. The molecule has 0 aromatic heterocycles. The lowest BCUT2D eigenvalue weighted by Crippen LogP contribution is -2.21. The number of allylic oxidation sites excluding steroid dienone is 7. The normalized spacial score (nSPS) is 13.1. The van der Waals surface area contributed by atoms with E-state index >= 15 is 0 Å². The van der Waals surface area contributed by atoms with Crippen molar-refractivity contribution >= 4 is 0 Å². The van der Waals surface area contributed by atoms with Gasteiger partial charge in [0.05, 0.1) is 0 Å². The lowest BCUT2D eigenvalue weighted by Gasteiger charge is -2.16. The zero-order chi connectivity index (χ0) is 24.0. The van der Waals surface area contributed by atoms with Gasteiger partial charge in [0.25, 0.3) is 0 Å². The standard InChI is InChI=1S/C29H51N3/c1-8-20-26(5)28(10-3)30-22-16-12-14-18-24-32(7)25-19-15-13-17-23-31-29(11-4)27(6)21-9-2/h8-11,20-21,30-31H,1,6,12-19,22-25H2,2-5,7H3/b21-9-,26-20+,28-10+,29-11+. The third-order valence-electron chi connectivity index (χ3n) is 5.65. The molecule has 0 atom stereocenters. The molecule has 32 heavy (non-hydrogen) atoms. The van der Waals surface area contributed by atoms with Crippen molar-refractivity contribution in [2.75, 3.05) is 33.2 Å². The van der Waals surface area contributed by atoms with E-state index in [2.05, 4.69) is 80.8 Å². The number of rotatable bonds is 20. The van der Waals surface area contributed by atoms with Crippen LogP contribution in [0.1, 0.15) is 79.1 Å². The predicted octanol–water partition coefficient (Wildman–Crippen LogP) is 7.29.